The first-order valence-corrected chi connectivity index (χ1v) is 9.04. The first-order chi connectivity index (χ1) is 12.2. The van der Waals surface area contributed by atoms with Gasteiger partial charge in [0.25, 0.3) is 0 Å². The van der Waals surface area contributed by atoms with Crippen molar-refractivity contribution < 1.29 is 0 Å². The predicted molar refractivity (Wildman–Crippen MR) is 99.3 cm³/mol. The fraction of sp³-hybridized carbons (Fsp3) is 0.176. The molecular formula is C17H17N7S. The Morgan fingerprint density at radius 2 is 2.12 bits per heavy atom. The van der Waals surface area contributed by atoms with Gasteiger partial charge in [-0.15, -0.1) is 11.8 Å². The Morgan fingerprint density at radius 3 is 2.96 bits per heavy atom. The van der Waals surface area contributed by atoms with Crippen molar-refractivity contribution in [3.63, 3.8) is 0 Å². The van der Waals surface area contributed by atoms with Crippen molar-refractivity contribution in [3.8, 4) is 0 Å². The van der Waals surface area contributed by atoms with Crippen molar-refractivity contribution in [1.29, 1.82) is 0 Å². The lowest BCUT2D eigenvalue weighted by molar-refractivity contribution is 0.684. The van der Waals surface area contributed by atoms with Crippen LogP contribution in [0.2, 0.25) is 0 Å². The van der Waals surface area contributed by atoms with Crippen LogP contribution in [0.4, 0.5) is 11.5 Å². The number of H-pyrrole nitrogens is 1. The first-order valence-electron chi connectivity index (χ1n) is 7.81. The smallest absolute Gasteiger partial charge is 0.161 e. The van der Waals surface area contributed by atoms with Crippen molar-refractivity contribution in [3.05, 3.63) is 54.1 Å². The summed E-state index contributed by atoms with van der Waals surface area (Å²) in [6.07, 6.45) is 7.27. The van der Waals surface area contributed by atoms with Crippen molar-refractivity contribution >= 4 is 34.3 Å². The second-order valence-corrected chi connectivity index (χ2v) is 6.45. The maximum absolute atomic E-state index is 4.44. The van der Waals surface area contributed by atoms with Crippen LogP contribution in [0.25, 0.3) is 11.0 Å². The number of thioether (sulfide) groups is 1. The van der Waals surface area contributed by atoms with Crippen LogP contribution >= 0.6 is 11.8 Å². The number of aryl methyl sites for hydroxylation is 1. The normalized spacial score (nSPS) is 11.1. The van der Waals surface area contributed by atoms with Gasteiger partial charge in [-0.1, -0.05) is 24.3 Å². The number of aromatic amines is 1. The van der Waals surface area contributed by atoms with E-state index in [4.69, 9.17) is 0 Å². The molecule has 1 aromatic carbocycles. The van der Waals surface area contributed by atoms with Gasteiger partial charge in [-0.25, -0.2) is 9.97 Å². The molecule has 0 amide bonds. The number of benzene rings is 1. The summed E-state index contributed by atoms with van der Waals surface area (Å²) >= 11 is 1.56. The van der Waals surface area contributed by atoms with Crippen LogP contribution in [0, 0.1) is 6.92 Å². The SMILES string of the molecule is CSc1n[nH]c2ncnc(Nc3cnn(Cc4ccccc4C)c3)c12. The molecule has 0 spiro atoms. The summed E-state index contributed by atoms with van der Waals surface area (Å²) in [5.74, 6) is 0.721. The van der Waals surface area contributed by atoms with Crippen LogP contribution in [0.3, 0.4) is 0 Å². The topological polar surface area (TPSA) is 84.3 Å². The molecule has 0 aliphatic carbocycles. The third-order valence-electron chi connectivity index (χ3n) is 4.01. The molecule has 0 fully saturated rings. The number of fused-ring (bicyclic) bond motifs is 1. The third kappa shape index (κ3) is 3.08. The van der Waals surface area contributed by atoms with E-state index in [0.29, 0.717) is 5.65 Å². The number of aromatic nitrogens is 6. The fourth-order valence-electron chi connectivity index (χ4n) is 2.69. The summed E-state index contributed by atoms with van der Waals surface area (Å²) in [5.41, 5.74) is 4.10. The Balaban J connectivity index is 1.60. The van der Waals surface area contributed by atoms with Gasteiger partial charge in [0, 0.05) is 6.20 Å². The number of hydrogen-bond acceptors (Lipinski definition) is 6. The molecule has 4 rings (SSSR count). The Bertz CT molecular complexity index is 1020. The van der Waals surface area contributed by atoms with Gasteiger partial charge in [0.05, 0.1) is 23.8 Å². The zero-order valence-electron chi connectivity index (χ0n) is 13.9. The van der Waals surface area contributed by atoms with Crippen LogP contribution in [-0.2, 0) is 6.54 Å². The summed E-state index contributed by atoms with van der Waals surface area (Å²) in [5, 5.41) is 16.7. The molecule has 0 atom stereocenters. The molecule has 0 aliphatic heterocycles. The van der Waals surface area contributed by atoms with Gasteiger partial charge >= 0.3 is 0 Å². The van der Waals surface area contributed by atoms with E-state index < -0.39 is 0 Å². The molecule has 0 aliphatic rings. The second kappa shape index (κ2) is 6.56. The van der Waals surface area contributed by atoms with Gasteiger partial charge in [0.1, 0.15) is 17.2 Å². The number of nitrogens with one attached hydrogen (secondary N) is 2. The standard InChI is InChI=1S/C17H17N7S/c1-11-5-3-4-6-12(11)8-24-9-13(7-20-24)21-15-14-16(19-10-18-15)22-23-17(14)25-2/h3-7,9-10H,8H2,1-2H3,(H2,18,19,21,22,23). The highest BCUT2D eigenvalue weighted by Crippen LogP contribution is 2.29. The van der Waals surface area contributed by atoms with E-state index in [1.54, 1.807) is 18.0 Å². The van der Waals surface area contributed by atoms with E-state index in [0.717, 1.165) is 28.5 Å². The van der Waals surface area contributed by atoms with Crippen LogP contribution < -0.4 is 5.32 Å². The van der Waals surface area contributed by atoms with E-state index in [9.17, 15) is 0 Å². The van der Waals surface area contributed by atoms with Crippen LogP contribution in [0.15, 0.2) is 48.0 Å². The van der Waals surface area contributed by atoms with Crippen LogP contribution in [0.5, 0.6) is 0 Å². The largest absolute Gasteiger partial charge is 0.337 e. The molecule has 2 N–H and O–H groups in total. The van der Waals surface area contributed by atoms with E-state index in [-0.39, 0.29) is 0 Å². The Labute approximate surface area is 148 Å². The number of hydrogen-bond donors (Lipinski definition) is 2. The number of rotatable bonds is 5. The lowest BCUT2D eigenvalue weighted by Gasteiger charge is -2.06. The lowest BCUT2D eigenvalue weighted by atomic mass is 10.1. The van der Waals surface area contributed by atoms with Crippen molar-refractivity contribution in [2.24, 2.45) is 0 Å². The summed E-state index contributed by atoms with van der Waals surface area (Å²) < 4.78 is 1.91. The minimum absolute atomic E-state index is 0.717. The maximum atomic E-state index is 4.44. The van der Waals surface area contributed by atoms with Gasteiger partial charge in [-0.2, -0.15) is 10.2 Å². The monoisotopic (exact) mass is 351 g/mol. The van der Waals surface area contributed by atoms with Gasteiger partial charge in [-0.05, 0) is 24.3 Å². The average Bonchev–Trinajstić information content (AvgIpc) is 3.24. The quantitative estimate of drug-likeness (QED) is 0.536. The fourth-order valence-corrected chi connectivity index (χ4v) is 3.22. The molecule has 25 heavy (non-hydrogen) atoms. The molecule has 0 bridgehead atoms. The van der Waals surface area contributed by atoms with Gasteiger partial charge < -0.3 is 5.32 Å². The molecule has 126 valence electrons. The minimum atomic E-state index is 0.717. The molecule has 8 heteroatoms. The zero-order chi connectivity index (χ0) is 17.2. The molecule has 0 saturated carbocycles. The zero-order valence-corrected chi connectivity index (χ0v) is 14.7. The summed E-state index contributed by atoms with van der Waals surface area (Å²) in [7, 11) is 0. The molecule has 4 aromatic rings. The van der Waals surface area contributed by atoms with Crippen molar-refractivity contribution in [2.45, 2.75) is 18.5 Å². The van der Waals surface area contributed by atoms with E-state index in [1.807, 2.05) is 29.3 Å². The first kappa shape index (κ1) is 15.6. The minimum Gasteiger partial charge on any atom is -0.337 e. The van der Waals surface area contributed by atoms with Crippen LogP contribution in [0.1, 0.15) is 11.1 Å². The summed E-state index contributed by atoms with van der Waals surface area (Å²) in [6, 6.07) is 8.32. The second-order valence-electron chi connectivity index (χ2n) is 5.66. The summed E-state index contributed by atoms with van der Waals surface area (Å²) in [6.45, 7) is 2.84. The Hall–Kier alpha value is -2.87. The van der Waals surface area contributed by atoms with Gasteiger partial charge in [0.15, 0.2) is 5.65 Å². The Morgan fingerprint density at radius 1 is 1.24 bits per heavy atom. The summed E-state index contributed by atoms with van der Waals surface area (Å²) in [4.78, 5) is 8.58. The molecular weight excluding hydrogens is 334 g/mol. The lowest BCUT2D eigenvalue weighted by Crippen LogP contribution is -2.01. The van der Waals surface area contributed by atoms with E-state index in [1.165, 1.54) is 17.5 Å². The molecule has 0 saturated heterocycles. The third-order valence-corrected chi connectivity index (χ3v) is 4.69. The van der Waals surface area contributed by atoms with E-state index in [2.05, 4.69) is 49.6 Å². The molecule has 7 nitrogen and oxygen atoms in total. The molecule has 0 radical (unpaired) electrons. The number of nitrogens with zero attached hydrogens (tertiary/aromatic N) is 5. The van der Waals surface area contributed by atoms with Gasteiger partial charge in [0.2, 0.25) is 0 Å². The van der Waals surface area contributed by atoms with Gasteiger partial charge in [-0.3, -0.25) is 9.78 Å². The van der Waals surface area contributed by atoms with E-state index >= 15 is 0 Å². The Kier molecular flexibility index (Phi) is 4.10. The van der Waals surface area contributed by atoms with Crippen molar-refractivity contribution in [2.75, 3.05) is 11.6 Å². The highest BCUT2D eigenvalue weighted by atomic mass is 32.2. The van der Waals surface area contributed by atoms with Crippen LogP contribution in [-0.4, -0.2) is 36.2 Å². The maximum Gasteiger partial charge on any atom is 0.161 e. The van der Waals surface area contributed by atoms with Crippen molar-refractivity contribution in [1.82, 2.24) is 29.9 Å². The average molecular weight is 351 g/mol. The molecule has 3 aromatic heterocycles. The highest BCUT2D eigenvalue weighted by Gasteiger charge is 2.13. The number of anilines is 2. The predicted octanol–water partition coefficient (Wildman–Crippen LogP) is 3.37. The molecule has 3 heterocycles. The highest BCUT2D eigenvalue weighted by molar-refractivity contribution is 7.98. The molecule has 0 unspecified atom stereocenters.